The Kier molecular flexibility index (Phi) is 7.51. The van der Waals surface area contributed by atoms with E-state index in [1.165, 1.54) is 36.6 Å². The van der Waals surface area contributed by atoms with Gasteiger partial charge in [0, 0.05) is 12.6 Å². The van der Waals surface area contributed by atoms with Crippen molar-refractivity contribution in [2.75, 3.05) is 26.5 Å². The van der Waals surface area contributed by atoms with Gasteiger partial charge in [-0.3, -0.25) is 4.79 Å². The van der Waals surface area contributed by atoms with Gasteiger partial charge in [-0.1, -0.05) is 61.4 Å². The Balaban J connectivity index is 1.41. The maximum Gasteiger partial charge on any atom is 0.233 e. The summed E-state index contributed by atoms with van der Waals surface area (Å²) in [6.07, 6.45) is 6.87. The molecule has 1 saturated carbocycles. The first kappa shape index (κ1) is 24.7. The Morgan fingerprint density at radius 3 is 2.47 bits per heavy atom. The van der Waals surface area contributed by atoms with Crippen LogP contribution in [0.2, 0.25) is 0 Å². The minimum atomic E-state index is -0.180. The van der Waals surface area contributed by atoms with Gasteiger partial charge in [0.15, 0.2) is 16.7 Å². The Morgan fingerprint density at radius 1 is 1.03 bits per heavy atom. The summed E-state index contributed by atoms with van der Waals surface area (Å²) in [6, 6.07) is 14.6. The molecule has 1 amide bonds. The summed E-state index contributed by atoms with van der Waals surface area (Å²) in [5, 5.41) is 9.64. The quantitative estimate of drug-likeness (QED) is 0.401. The van der Waals surface area contributed by atoms with Crippen LogP contribution < -0.4 is 9.47 Å². The highest BCUT2D eigenvalue weighted by molar-refractivity contribution is 7.99. The number of amides is 1. The molecule has 0 N–H and O–H groups in total. The molecule has 190 valence electrons. The molecule has 0 unspecified atom stereocenters. The van der Waals surface area contributed by atoms with Gasteiger partial charge in [0.2, 0.25) is 5.91 Å². The number of methoxy groups -OCH3 is 2. The highest BCUT2D eigenvalue weighted by atomic mass is 32.2. The third kappa shape index (κ3) is 4.83. The Morgan fingerprint density at radius 2 is 1.75 bits per heavy atom. The number of rotatable bonds is 7. The van der Waals surface area contributed by atoms with Gasteiger partial charge in [0.05, 0.1) is 26.0 Å². The lowest BCUT2D eigenvalue weighted by Gasteiger charge is -2.38. The molecular weight excluding hydrogens is 472 g/mol. The van der Waals surface area contributed by atoms with Crippen molar-refractivity contribution in [3.8, 4) is 11.5 Å². The summed E-state index contributed by atoms with van der Waals surface area (Å²) in [6.45, 7) is 2.66. The van der Waals surface area contributed by atoms with E-state index in [1.807, 2.05) is 36.1 Å². The van der Waals surface area contributed by atoms with Crippen LogP contribution >= 0.6 is 11.8 Å². The molecule has 2 heterocycles. The van der Waals surface area contributed by atoms with E-state index in [4.69, 9.17) is 9.47 Å². The van der Waals surface area contributed by atoms with Gasteiger partial charge in [-0.05, 0) is 55.0 Å². The normalized spacial score (nSPS) is 18.1. The molecule has 2 aliphatic rings. The summed E-state index contributed by atoms with van der Waals surface area (Å²) in [4.78, 5) is 15.7. The van der Waals surface area contributed by atoms with E-state index < -0.39 is 0 Å². The number of thioether (sulfide) groups is 1. The molecule has 1 aliphatic heterocycles. The molecule has 7 nitrogen and oxygen atoms in total. The molecule has 0 saturated heterocycles. The number of nitrogens with zero attached hydrogens (tertiary/aromatic N) is 4. The van der Waals surface area contributed by atoms with Gasteiger partial charge in [-0.15, -0.1) is 10.2 Å². The largest absolute Gasteiger partial charge is 0.493 e. The minimum absolute atomic E-state index is 0.102. The molecular formula is C28H34N4O3S. The lowest BCUT2D eigenvalue weighted by molar-refractivity contribution is -0.130. The number of fused-ring (bicyclic) bond motifs is 1. The number of hydrogen-bond donors (Lipinski definition) is 0. The molecule has 1 atom stereocenters. The van der Waals surface area contributed by atoms with E-state index in [-0.39, 0.29) is 11.9 Å². The summed E-state index contributed by atoms with van der Waals surface area (Å²) in [7, 11) is 3.30. The fraction of sp³-hybridized carbons (Fsp3) is 0.464. The first-order valence-corrected chi connectivity index (χ1v) is 13.7. The predicted molar refractivity (Wildman–Crippen MR) is 141 cm³/mol. The Bertz CT molecular complexity index is 1210. The minimum Gasteiger partial charge on any atom is -0.493 e. The fourth-order valence-corrected chi connectivity index (χ4v) is 6.56. The molecule has 0 radical (unpaired) electrons. The van der Waals surface area contributed by atoms with Crippen LogP contribution in [0.4, 0.5) is 0 Å². The summed E-state index contributed by atoms with van der Waals surface area (Å²) >= 11 is 1.51. The fourth-order valence-electron chi connectivity index (χ4n) is 5.63. The summed E-state index contributed by atoms with van der Waals surface area (Å²) in [5.74, 6) is 2.77. The van der Waals surface area contributed by atoms with Crippen molar-refractivity contribution in [1.82, 2.24) is 19.7 Å². The van der Waals surface area contributed by atoms with Crippen molar-refractivity contribution >= 4 is 17.7 Å². The first-order valence-electron chi connectivity index (χ1n) is 12.7. The highest BCUT2D eigenvalue weighted by Crippen LogP contribution is 2.41. The molecule has 3 aromatic rings. The van der Waals surface area contributed by atoms with Crippen LogP contribution in [-0.4, -0.2) is 52.1 Å². The molecule has 0 spiro atoms. The number of carbonyl (C=O) groups excluding carboxylic acids is 1. The Hall–Kier alpha value is -3.00. The summed E-state index contributed by atoms with van der Waals surface area (Å²) < 4.78 is 13.4. The van der Waals surface area contributed by atoms with Crippen molar-refractivity contribution < 1.29 is 14.3 Å². The van der Waals surface area contributed by atoms with E-state index in [1.54, 1.807) is 14.2 Å². The van der Waals surface area contributed by atoms with Crippen molar-refractivity contribution in [2.45, 2.75) is 62.7 Å². The monoisotopic (exact) mass is 506 g/mol. The zero-order valence-corrected chi connectivity index (χ0v) is 22.1. The Labute approximate surface area is 217 Å². The zero-order chi connectivity index (χ0) is 25.1. The molecule has 8 heteroatoms. The maximum absolute atomic E-state index is 13.7. The van der Waals surface area contributed by atoms with Crippen molar-refractivity contribution in [2.24, 2.45) is 0 Å². The zero-order valence-electron chi connectivity index (χ0n) is 21.3. The SMILES string of the molecule is COc1cc2c(cc1OC)[C@H](c1ccccc1)N(C(=O)CSc1nnc(C)n1C1CCCCC1)CC2. The van der Waals surface area contributed by atoms with Crippen LogP contribution in [0.25, 0.3) is 0 Å². The van der Waals surface area contributed by atoms with E-state index in [2.05, 4.69) is 33.0 Å². The van der Waals surface area contributed by atoms with Crippen LogP contribution in [0.15, 0.2) is 47.6 Å². The highest BCUT2D eigenvalue weighted by Gasteiger charge is 2.33. The van der Waals surface area contributed by atoms with Gasteiger partial charge < -0.3 is 18.9 Å². The second-order valence-electron chi connectivity index (χ2n) is 9.54. The van der Waals surface area contributed by atoms with Crippen LogP contribution in [0.5, 0.6) is 11.5 Å². The number of ether oxygens (including phenoxy) is 2. The standard InChI is InChI=1S/C28H34N4O3S/c1-19-29-30-28(32(19)22-12-8-5-9-13-22)36-18-26(33)31-15-14-21-16-24(34-2)25(35-3)17-23(21)27(31)20-10-6-4-7-11-20/h4,6-7,10-11,16-17,22,27H,5,8-9,12-15,18H2,1-3H3/t27-/m0/s1. The predicted octanol–water partition coefficient (Wildman–Crippen LogP) is 5.38. The van der Waals surface area contributed by atoms with E-state index in [0.717, 1.165) is 47.1 Å². The lowest BCUT2D eigenvalue weighted by Crippen LogP contribution is -2.41. The average molecular weight is 507 g/mol. The number of aryl methyl sites for hydroxylation is 1. The molecule has 2 aromatic carbocycles. The number of hydrogen-bond acceptors (Lipinski definition) is 6. The van der Waals surface area contributed by atoms with Crippen LogP contribution in [0, 0.1) is 6.92 Å². The molecule has 5 rings (SSSR count). The molecule has 1 aromatic heterocycles. The molecule has 1 aliphatic carbocycles. The summed E-state index contributed by atoms with van der Waals surface area (Å²) in [5.41, 5.74) is 3.36. The van der Waals surface area contributed by atoms with Gasteiger partial charge in [0.25, 0.3) is 0 Å². The van der Waals surface area contributed by atoms with Gasteiger partial charge >= 0.3 is 0 Å². The number of carbonyl (C=O) groups is 1. The smallest absolute Gasteiger partial charge is 0.233 e. The van der Waals surface area contributed by atoms with Gasteiger partial charge in [-0.2, -0.15) is 0 Å². The van der Waals surface area contributed by atoms with Crippen LogP contribution in [0.1, 0.15) is 66.7 Å². The third-order valence-corrected chi connectivity index (χ3v) is 8.34. The molecule has 1 fully saturated rings. The second-order valence-corrected chi connectivity index (χ2v) is 10.5. The average Bonchev–Trinajstić information content (AvgIpc) is 3.31. The van der Waals surface area contributed by atoms with Crippen molar-refractivity contribution in [3.63, 3.8) is 0 Å². The van der Waals surface area contributed by atoms with Gasteiger partial charge in [0.1, 0.15) is 5.82 Å². The first-order chi connectivity index (χ1) is 17.6. The van der Waals surface area contributed by atoms with Crippen molar-refractivity contribution in [1.29, 1.82) is 0 Å². The van der Waals surface area contributed by atoms with Crippen LogP contribution in [-0.2, 0) is 11.2 Å². The maximum atomic E-state index is 13.7. The van der Waals surface area contributed by atoms with Crippen molar-refractivity contribution in [3.05, 3.63) is 65.0 Å². The molecule has 36 heavy (non-hydrogen) atoms. The topological polar surface area (TPSA) is 69.5 Å². The second kappa shape index (κ2) is 10.9. The number of aromatic nitrogens is 3. The lowest BCUT2D eigenvalue weighted by atomic mass is 9.87. The number of benzene rings is 2. The van der Waals surface area contributed by atoms with E-state index in [0.29, 0.717) is 24.1 Å². The molecule has 0 bridgehead atoms. The third-order valence-electron chi connectivity index (χ3n) is 7.41. The van der Waals surface area contributed by atoms with Gasteiger partial charge in [-0.25, -0.2) is 0 Å². The van der Waals surface area contributed by atoms with E-state index in [9.17, 15) is 4.79 Å². The van der Waals surface area contributed by atoms with E-state index >= 15 is 0 Å². The van der Waals surface area contributed by atoms with Crippen LogP contribution in [0.3, 0.4) is 0 Å².